The number of hydrogen-bond acceptors (Lipinski definition) is 5. The topological polar surface area (TPSA) is 86.7 Å². The number of thioether (sulfide) groups is 1. The lowest BCUT2D eigenvalue weighted by molar-refractivity contribution is -0.153. The molecular weight excluding hydrogens is 312 g/mol. The molecule has 0 saturated carbocycles. The van der Waals surface area contributed by atoms with E-state index in [1.807, 2.05) is 17.5 Å². The van der Waals surface area contributed by atoms with E-state index in [-0.39, 0.29) is 30.0 Å². The number of thiophene rings is 1. The van der Waals surface area contributed by atoms with Gasteiger partial charge in [-0.2, -0.15) is 0 Å². The largest absolute Gasteiger partial charge is 0.477 e. The Morgan fingerprint density at radius 2 is 2.29 bits per heavy atom. The number of fused-ring (bicyclic) bond motifs is 1. The Bertz CT molecular complexity index is 626. The Morgan fingerprint density at radius 3 is 2.95 bits per heavy atom. The summed E-state index contributed by atoms with van der Waals surface area (Å²) in [5, 5.41) is 15.1. The highest BCUT2D eigenvalue weighted by atomic mass is 32.2. The smallest absolute Gasteiger partial charge is 0.353 e. The van der Waals surface area contributed by atoms with Crippen molar-refractivity contribution >= 4 is 40.9 Å². The second-order valence-corrected chi connectivity index (χ2v) is 6.65. The van der Waals surface area contributed by atoms with Gasteiger partial charge in [-0.05, 0) is 11.4 Å². The van der Waals surface area contributed by atoms with Crippen molar-refractivity contribution in [2.24, 2.45) is 0 Å². The maximum atomic E-state index is 12.0. The minimum absolute atomic E-state index is 0.00925. The van der Waals surface area contributed by atoms with Gasteiger partial charge in [-0.1, -0.05) is 6.07 Å². The lowest BCUT2D eigenvalue weighted by Crippen LogP contribution is -2.72. The average Bonchev–Trinajstić information content (AvgIpc) is 2.96. The zero-order chi connectivity index (χ0) is 15.0. The predicted molar refractivity (Wildman–Crippen MR) is 78.8 cm³/mol. The molecule has 2 aliphatic rings. The fourth-order valence-electron chi connectivity index (χ4n) is 2.40. The van der Waals surface area contributed by atoms with E-state index < -0.39 is 12.0 Å². The molecule has 3 rings (SSSR count). The van der Waals surface area contributed by atoms with Crippen molar-refractivity contribution in [3.8, 4) is 0 Å². The Balaban J connectivity index is 1.64. The van der Waals surface area contributed by atoms with Crippen molar-refractivity contribution in [1.82, 2.24) is 10.2 Å². The number of nitrogens with one attached hydrogen (secondary N) is 1. The van der Waals surface area contributed by atoms with Gasteiger partial charge < -0.3 is 10.4 Å². The summed E-state index contributed by atoms with van der Waals surface area (Å²) in [6.07, 6.45) is 0.239. The maximum Gasteiger partial charge on any atom is 0.353 e. The van der Waals surface area contributed by atoms with Crippen LogP contribution in [0, 0.1) is 0 Å². The molecule has 3 heterocycles. The zero-order valence-corrected chi connectivity index (χ0v) is 12.4. The van der Waals surface area contributed by atoms with Gasteiger partial charge in [0.2, 0.25) is 5.91 Å². The minimum Gasteiger partial charge on any atom is -0.477 e. The molecule has 6 nitrogen and oxygen atoms in total. The first-order valence-corrected chi connectivity index (χ1v) is 8.20. The van der Waals surface area contributed by atoms with Crippen LogP contribution in [0.1, 0.15) is 4.88 Å². The van der Waals surface area contributed by atoms with Gasteiger partial charge in [-0.3, -0.25) is 14.5 Å². The van der Waals surface area contributed by atoms with E-state index in [1.54, 1.807) is 0 Å². The fraction of sp³-hybridized carbons (Fsp3) is 0.308. The Morgan fingerprint density at radius 1 is 1.48 bits per heavy atom. The van der Waals surface area contributed by atoms with E-state index in [0.717, 1.165) is 4.88 Å². The van der Waals surface area contributed by atoms with Gasteiger partial charge in [0.25, 0.3) is 5.91 Å². The number of β-lactam (4-membered cyclic amide) rings is 1. The molecule has 8 heteroatoms. The molecular formula is C13H12N2O4S2. The van der Waals surface area contributed by atoms with Crippen LogP contribution in [0.4, 0.5) is 0 Å². The van der Waals surface area contributed by atoms with Crippen molar-refractivity contribution in [2.75, 3.05) is 5.75 Å². The number of carboxylic acid groups (broad SMARTS) is 1. The van der Waals surface area contributed by atoms with Gasteiger partial charge in [0.15, 0.2) is 0 Å². The van der Waals surface area contributed by atoms with Crippen molar-refractivity contribution in [3.63, 3.8) is 0 Å². The van der Waals surface area contributed by atoms with E-state index >= 15 is 0 Å². The standard InChI is InChI=1S/C13H12N2O4S2/c16-10(4-7-2-1-3-21-7)14-11-8-5-20-6-9(13(18)19)15(8)12(11)17/h1-3,6,8,11H,4-5H2,(H,14,16)(H,18,19)/t8-,11+/m0/s1. The molecule has 1 saturated heterocycles. The Hall–Kier alpha value is -1.80. The lowest BCUT2D eigenvalue weighted by Gasteiger charge is -2.48. The summed E-state index contributed by atoms with van der Waals surface area (Å²) in [6, 6.07) is 2.84. The number of nitrogens with zero attached hydrogens (tertiary/aromatic N) is 1. The van der Waals surface area contributed by atoms with E-state index in [0.29, 0.717) is 5.75 Å². The van der Waals surface area contributed by atoms with Crippen LogP contribution in [0.3, 0.4) is 0 Å². The van der Waals surface area contributed by atoms with E-state index in [4.69, 9.17) is 5.11 Å². The Labute approximate surface area is 128 Å². The van der Waals surface area contributed by atoms with Crippen LogP contribution < -0.4 is 5.32 Å². The number of carboxylic acids is 1. The fourth-order valence-corrected chi connectivity index (χ4v) is 4.11. The van der Waals surface area contributed by atoms with E-state index in [1.165, 1.54) is 33.4 Å². The predicted octanol–water partition coefficient (Wildman–Crippen LogP) is 0.659. The molecule has 110 valence electrons. The maximum absolute atomic E-state index is 12.0. The van der Waals surface area contributed by atoms with Crippen LogP contribution in [0.5, 0.6) is 0 Å². The summed E-state index contributed by atoms with van der Waals surface area (Å²) < 4.78 is 0. The number of amides is 2. The molecule has 0 radical (unpaired) electrons. The first kappa shape index (κ1) is 14.2. The highest BCUT2D eigenvalue weighted by Crippen LogP contribution is 2.34. The molecule has 2 aliphatic heterocycles. The SMILES string of the molecule is O=C(Cc1cccs1)N[C@H]1C(=O)N2C(C(=O)O)=CSC[C@@H]12. The summed E-state index contributed by atoms with van der Waals surface area (Å²) in [5.41, 5.74) is -0.00925. The van der Waals surface area contributed by atoms with Gasteiger partial charge in [-0.25, -0.2) is 4.79 Å². The summed E-state index contributed by atoms with van der Waals surface area (Å²) in [5.74, 6) is -1.10. The minimum atomic E-state index is -1.12. The zero-order valence-electron chi connectivity index (χ0n) is 10.8. The van der Waals surface area contributed by atoms with Crippen LogP contribution in [0.2, 0.25) is 0 Å². The molecule has 1 fully saturated rings. The number of aliphatic carboxylic acids is 1. The van der Waals surface area contributed by atoms with Gasteiger partial charge in [0.05, 0.1) is 12.5 Å². The van der Waals surface area contributed by atoms with E-state index in [2.05, 4.69) is 5.32 Å². The molecule has 0 bridgehead atoms. The number of rotatable bonds is 4. The van der Waals surface area contributed by atoms with Crippen molar-refractivity contribution < 1.29 is 19.5 Å². The first-order valence-electron chi connectivity index (χ1n) is 6.28. The van der Waals surface area contributed by atoms with Gasteiger partial charge in [0, 0.05) is 16.0 Å². The van der Waals surface area contributed by atoms with Gasteiger partial charge in [-0.15, -0.1) is 23.1 Å². The van der Waals surface area contributed by atoms with Crippen LogP contribution in [-0.2, 0) is 20.8 Å². The van der Waals surface area contributed by atoms with Crippen molar-refractivity contribution in [3.05, 3.63) is 33.5 Å². The van der Waals surface area contributed by atoms with E-state index in [9.17, 15) is 14.4 Å². The molecule has 1 aromatic rings. The molecule has 0 spiro atoms. The first-order chi connectivity index (χ1) is 10.1. The highest BCUT2D eigenvalue weighted by Gasteiger charge is 2.52. The summed E-state index contributed by atoms with van der Waals surface area (Å²) in [6.45, 7) is 0. The van der Waals surface area contributed by atoms with Crippen LogP contribution in [0.25, 0.3) is 0 Å². The lowest BCUT2D eigenvalue weighted by atomic mass is 9.95. The molecule has 0 unspecified atom stereocenters. The summed E-state index contributed by atoms with van der Waals surface area (Å²) >= 11 is 2.83. The monoisotopic (exact) mass is 324 g/mol. The quantitative estimate of drug-likeness (QED) is 0.795. The number of hydrogen-bond donors (Lipinski definition) is 2. The third kappa shape index (κ3) is 2.56. The van der Waals surface area contributed by atoms with Crippen LogP contribution in [0.15, 0.2) is 28.6 Å². The van der Waals surface area contributed by atoms with Gasteiger partial charge in [0.1, 0.15) is 11.7 Å². The summed E-state index contributed by atoms with van der Waals surface area (Å²) in [7, 11) is 0. The average molecular weight is 324 g/mol. The Kier molecular flexibility index (Phi) is 3.73. The molecule has 2 atom stereocenters. The third-order valence-corrected chi connectivity index (χ3v) is 5.19. The molecule has 2 N–H and O–H groups in total. The second kappa shape index (κ2) is 5.53. The number of carbonyl (C=O) groups excluding carboxylic acids is 2. The number of carbonyl (C=O) groups is 3. The highest BCUT2D eigenvalue weighted by molar-refractivity contribution is 8.02. The normalized spacial score (nSPS) is 23.9. The molecule has 2 amide bonds. The molecule has 1 aromatic heterocycles. The van der Waals surface area contributed by atoms with Crippen LogP contribution >= 0.6 is 23.1 Å². The molecule has 0 aromatic carbocycles. The summed E-state index contributed by atoms with van der Waals surface area (Å²) in [4.78, 5) is 37.2. The van der Waals surface area contributed by atoms with Crippen LogP contribution in [-0.4, -0.2) is 45.6 Å². The second-order valence-electron chi connectivity index (χ2n) is 4.72. The third-order valence-electron chi connectivity index (χ3n) is 3.39. The molecule has 21 heavy (non-hydrogen) atoms. The van der Waals surface area contributed by atoms with Crippen molar-refractivity contribution in [2.45, 2.75) is 18.5 Å². The van der Waals surface area contributed by atoms with Gasteiger partial charge >= 0.3 is 5.97 Å². The van der Waals surface area contributed by atoms with Crippen molar-refractivity contribution in [1.29, 1.82) is 0 Å². The molecule has 0 aliphatic carbocycles.